The number of aliphatic hydroxyl groups is 1. The van der Waals surface area contributed by atoms with Crippen LogP contribution in [0.25, 0.3) is 0 Å². The molecule has 1 aliphatic carbocycles. The Kier molecular flexibility index (Phi) is 5.03. The minimum Gasteiger partial charge on any atom is -0.396 e. The molecule has 1 aliphatic rings. The SMILES string of the molecule is CCC1(CC)C(NCCCO)CC1OC. The summed E-state index contributed by atoms with van der Waals surface area (Å²) in [6.45, 7) is 5.68. The molecule has 0 aromatic carbocycles. The quantitative estimate of drug-likeness (QED) is 0.633. The minimum atomic E-state index is 0.276. The van der Waals surface area contributed by atoms with Gasteiger partial charge in [0.15, 0.2) is 0 Å². The van der Waals surface area contributed by atoms with E-state index in [0.717, 1.165) is 19.4 Å². The van der Waals surface area contributed by atoms with Gasteiger partial charge in [0.05, 0.1) is 6.10 Å². The van der Waals surface area contributed by atoms with Gasteiger partial charge >= 0.3 is 0 Å². The number of hydrogen-bond donors (Lipinski definition) is 2. The first kappa shape index (κ1) is 12.9. The molecule has 0 bridgehead atoms. The Balaban J connectivity index is 2.45. The number of aliphatic hydroxyl groups excluding tert-OH is 1. The molecule has 2 N–H and O–H groups in total. The first-order valence-electron chi connectivity index (χ1n) is 6.12. The average Bonchev–Trinajstić information content (AvgIpc) is 2.24. The number of nitrogens with one attached hydrogen (secondary N) is 1. The molecule has 0 heterocycles. The van der Waals surface area contributed by atoms with Crippen molar-refractivity contribution in [2.45, 2.75) is 51.7 Å². The predicted octanol–water partition coefficient (Wildman–Crippen LogP) is 1.55. The topological polar surface area (TPSA) is 41.5 Å². The van der Waals surface area contributed by atoms with Crippen LogP contribution in [0.3, 0.4) is 0 Å². The van der Waals surface area contributed by atoms with Crippen molar-refractivity contribution in [3.8, 4) is 0 Å². The molecule has 0 spiro atoms. The number of hydrogen-bond acceptors (Lipinski definition) is 3. The molecule has 0 aromatic heterocycles. The zero-order valence-corrected chi connectivity index (χ0v) is 10.3. The molecule has 1 saturated carbocycles. The van der Waals surface area contributed by atoms with Crippen molar-refractivity contribution in [2.75, 3.05) is 20.3 Å². The van der Waals surface area contributed by atoms with Gasteiger partial charge in [-0.1, -0.05) is 13.8 Å². The van der Waals surface area contributed by atoms with E-state index in [4.69, 9.17) is 9.84 Å². The van der Waals surface area contributed by atoms with E-state index in [9.17, 15) is 0 Å². The van der Waals surface area contributed by atoms with Crippen LogP contribution in [-0.4, -0.2) is 37.5 Å². The maximum Gasteiger partial charge on any atom is 0.0657 e. The van der Waals surface area contributed by atoms with E-state index < -0.39 is 0 Å². The van der Waals surface area contributed by atoms with Crippen molar-refractivity contribution in [1.29, 1.82) is 0 Å². The third-order valence-corrected chi connectivity index (χ3v) is 4.11. The molecule has 0 radical (unpaired) electrons. The van der Waals surface area contributed by atoms with E-state index in [1.807, 2.05) is 7.11 Å². The summed E-state index contributed by atoms with van der Waals surface area (Å²) in [7, 11) is 1.81. The van der Waals surface area contributed by atoms with E-state index in [-0.39, 0.29) is 6.61 Å². The Morgan fingerprint density at radius 3 is 2.53 bits per heavy atom. The highest BCUT2D eigenvalue weighted by Gasteiger charge is 2.52. The van der Waals surface area contributed by atoms with Crippen LogP contribution >= 0.6 is 0 Å². The van der Waals surface area contributed by atoms with Gasteiger partial charge in [-0.2, -0.15) is 0 Å². The molecule has 0 aliphatic heterocycles. The fourth-order valence-corrected chi connectivity index (χ4v) is 2.92. The van der Waals surface area contributed by atoms with Crippen LogP contribution in [0.2, 0.25) is 0 Å². The van der Waals surface area contributed by atoms with Crippen LogP contribution < -0.4 is 5.32 Å². The molecule has 0 amide bonds. The summed E-state index contributed by atoms with van der Waals surface area (Å²) in [5.74, 6) is 0. The molecular formula is C12H25NO2. The smallest absolute Gasteiger partial charge is 0.0657 e. The molecule has 2 unspecified atom stereocenters. The Hall–Kier alpha value is -0.120. The normalized spacial score (nSPS) is 28.8. The van der Waals surface area contributed by atoms with Gasteiger partial charge in [0.25, 0.3) is 0 Å². The van der Waals surface area contributed by atoms with Crippen LogP contribution in [0.15, 0.2) is 0 Å². The van der Waals surface area contributed by atoms with Gasteiger partial charge in [-0.3, -0.25) is 0 Å². The van der Waals surface area contributed by atoms with Crippen molar-refractivity contribution in [2.24, 2.45) is 5.41 Å². The Morgan fingerprint density at radius 1 is 1.40 bits per heavy atom. The minimum absolute atomic E-state index is 0.276. The van der Waals surface area contributed by atoms with Crippen LogP contribution in [0.4, 0.5) is 0 Å². The van der Waals surface area contributed by atoms with E-state index in [1.165, 1.54) is 12.8 Å². The summed E-state index contributed by atoms with van der Waals surface area (Å²) in [4.78, 5) is 0. The van der Waals surface area contributed by atoms with Gasteiger partial charge in [0.1, 0.15) is 0 Å². The van der Waals surface area contributed by atoms with E-state index in [0.29, 0.717) is 17.6 Å². The van der Waals surface area contributed by atoms with Gasteiger partial charge in [0, 0.05) is 25.2 Å². The van der Waals surface area contributed by atoms with Crippen LogP contribution in [0.5, 0.6) is 0 Å². The standard InChI is InChI=1S/C12H25NO2/c1-4-12(5-2)10(9-11(12)15-3)13-7-6-8-14/h10-11,13-14H,4-9H2,1-3H3. The van der Waals surface area contributed by atoms with Crippen LogP contribution in [0, 0.1) is 5.41 Å². The van der Waals surface area contributed by atoms with Gasteiger partial charge in [-0.25, -0.2) is 0 Å². The molecule has 3 nitrogen and oxygen atoms in total. The summed E-state index contributed by atoms with van der Waals surface area (Å²) in [5.41, 5.74) is 0.324. The van der Waals surface area contributed by atoms with Gasteiger partial charge in [-0.15, -0.1) is 0 Å². The van der Waals surface area contributed by atoms with Crippen molar-refractivity contribution >= 4 is 0 Å². The highest BCUT2D eigenvalue weighted by Crippen LogP contribution is 2.48. The van der Waals surface area contributed by atoms with Crippen molar-refractivity contribution in [1.82, 2.24) is 5.32 Å². The lowest BCUT2D eigenvalue weighted by Gasteiger charge is -2.55. The second-order valence-corrected chi connectivity index (χ2v) is 4.48. The lowest BCUT2D eigenvalue weighted by Crippen LogP contribution is -2.63. The van der Waals surface area contributed by atoms with Gasteiger partial charge in [-0.05, 0) is 32.2 Å². The average molecular weight is 215 g/mol. The predicted molar refractivity (Wildman–Crippen MR) is 61.9 cm³/mol. The van der Waals surface area contributed by atoms with E-state index in [1.54, 1.807) is 0 Å². The maximum absolute atomic E-state index is 8.75. The molecule has 1 rings (SSSR count). The molecule has 0 aromatic rings. The third kappa shape index (κ3) is 2.35. The molecule has 0 saturated heterocycles. The van der Waals surface area contributed by atoms with Crippen molar-refractivity contribution in [3.05, 3.63) is 0 Å². The van der Waals surface area contributed by atoms with E-state index >= 15 is 0 Å². The van der Waals surface area contributed by atoms with Crippen molar-refractivity contribution < 1.29 is 9.84 Å². The van der Waals surface area contributed by atoms with Gasteiger partial charge in [0.2, 0.25) is 0 Å². The summed E-state index contributed by atoms with van der Waals surface area (Å²) in [5, 5.41) is 12.3. The van der Waals surface area contributed by atoms with E-state index in [2.05, 4.69) is 19.2 Å². The first-order valence-corrected chi connectivity index (χ1v) is 6.12. The summed E-state index contributed by atoms with van der Waals surface area (Å²) in [6, 6.07) is 0.573. The van der Waals surface area contributed by atoms with Gasteiger partial charge < -0.3 is 15.2 Å². The fourth-order valence-electron chi connectivity index (χ4n) is 2.92. The molecule has 1 fully saturated rings. The zero-order chi connectivity index (χ0) is 11.3. The maximum atomic E-state index is 8.75. The second kappa shape index (κ2) is 5.83. The largest absolute Gasteiger partial charge is 0.396 e. The Bertz CT molecular complexity index is 180. The number of rotatable bonds is 7. The molecule has 90 valence electrons. The molecule has 2 atom stereocenters. The number of methoxy groups -OCH3 is 1. The zero-order valence-electron chi connectivity index (χ0n) is 10.3. The summed E-state index contributed by atoms with van der Waals surface area (Å²) in [6.07, 6.45) is 4.71. The lowest BCUT2D eigenvalue weighted by molar-refractivity contribution is -0.123. The molecule has 3 heteroatoms. The van der Waals surface area contributed by atoms with Crippen LogP contribution in [-0.2, 0) is 4.74 Å². The highest BCUT2D eigenvalue weighted by atomic mass is 16.5. The fraction of sp³-hybridized carbons (Fsp3) is 1.00. The van der Waals surface area contributed by atoms with Crippen molar-refractivity contribution in [3.63, 3.8) is 0 Å². The third-order valence-electron chi connectivity index (χ3n) is 4.11. The summed E-state index contributed by atoms with van der Waals surface area (Å²) < 4.78 is 5.53. The highest BCUT2D eigenvalue weighted by molar-refractivity contribution is 5.06. The number of ether oxygens (including phenoxy) is 1. The van der Waals surface area contributed by atoms with Crippen LogP contribution in [0.1, 0.15) is 39.5 Å². The molecule has 15 heavy (non-hydrogen) atoms. The summed E-state index contributed by atoms with van der Waals surface area (Å²) >= 11 is 0. The lowest BCUT2D eigenvalue weighted by atomic mass is 9.58. The Morgan fingerprint density at radius 2 is 2.07 bits per heavy atom. The second-order valence-electron chi connectivity index (χ2n) is 4.48. The Labute approximate surface area is 93.2 Å². The monoisotopic (exact) mass is 215 g/mol. The molecular weight excluding hydrogens is 190 g/mol. The first-order chi connectivity index (χ1) is 7.25.